The van der Waals surface area contributed by atoms with E-state index >= 15 is 0 Å². The average Bonchev–Trinajstić information content (AvgIpc) is 1.87. The molecular weight excluding hydrogens is 144 g/mol. The van der Waals surface area contributed by atoms with E-state index in [0.29, 0.717) is 0 Å². The van der Waals surface area contributed by atoms with Crippen molar-refractivity contribution in [1.82, 2.24) is 0 Å². The van der Waals surface area contributed by atoms with Crippen LogP contribution in [-0.2, 0) is 4.79 Å². The van der Waals surface area contributed by atoms with Crippen LogP contribution in [0.1, 0.15) is 13.8 Å². The van der Waals surface area contributed by atoms with Crippen molar-refractivity contribution in [3.63, 3.8) is 0 Å². The van der Waals surface area contributed by atoms with Gasteiger partial charge in [-0.25, -0.2) is 4.79 Å². The van der Waals surface area contributed by atoms with Gasteiger partial charge in [-0.1, -0.05) is 19.9 Å². The first kappa shape index (κ1) is 10.2. The van der Waals surface area contributed by atoms with Crippen LogP contribution in [0.25, 0.3) is 0 Å². The first-order valence-electron chi connectivity index (χ1n) is 3.60. The average molecular weight is 158 g/mol. The highest BCUT2D eigenvalue weighted by atomic mass is 16.4. The lowest BCUT2D eigenvalue weighted by Gasteiger charge is -2.12. The molecule has 0 aliphatic carbocycles. The molecule has 0 aliphatic rings. The summed E-state index contributed by atoms with van der Waals surface area (Å²) in [5, 5.41) is 17.0. The number of carboxylic acid groups (broad SMARTS) is 1. The smallest absolute Gasteiger partial charge is 0.327 e. The van der Waals surface area contributed by atoms with Crippen LogP contribution in [-0.4, -0.2) is 22.8 Å². The van der Waals surface area contributed by atoms with E-state index in [4.69, 9.17) is 10.2 Å². The molecule has 0 heterocycles. The molecule has 3 heteroatoms. The summed E-state index contributed by atoms with van der Waals surface area (Å²) >= 11 is 0. The van der Waals surface area contributed by atoms with Gasteiger partial charge in [-0.2, -0.15) is 0 Å². The van der Waals surface area contributed by atoms with Crippen LogP contribution in [0, 0.1) is 11.8 Å². The second kappa shape index (κ2) is 4.91. The molecule has 0 bridgehead atoms. The van der Waals surface area contributed by atoms with Crippen LogP contribution in [0.15, 0.2) is 12.2 Å². The number of carbonyl (C=O) groups is 1. The molecule has 0 aromatic rings. The third-order valence-corrected chi connectivity index (χ3v) is 1.55. The quantitative estimate of drug-likeness (QED) is 0.597. The molecule has 64 valence electrons. The fourth-order valence-electron chi connectivity index (χ4n) is 0.700. The third kappa shape index (κ3) is 4.56. The molecule has 0 spiro atoms. The summed E-state index contributed by atoms with van der Waals surface area (Å²) in [6.07, 6.45) is 2.59. The van der Waals surface area contributed by atoms with Crippen molar-refractivity contribution in [1.29, 1.82) is 0 Å². The zero-order valence-electron chi connectivity index (χ0n) is 6.82. The predicted molar refractivity (Wildman–Crippen MR) is 42.2 cm³/mol. The number of aliphatic hydroxyl groups excluding tert-OH is 1. The highest BCUT2D eigenvalue weighted by Gasteiger charge is 2.07. The molecule has 0 fully saturated rings. The Balaban J connectivity index is 3.97. The zero-order chi connectivity index (χ0) is 8.85. The van der Waals surface area contributed by atoms with Gasteiger partial charge in [0.05, 0.1) is 0 Å². The van der Waals surface area contributed by atoms with Crippen molar-refractivity contribution in [3.8, 4) is 0 Å². The van der Waals surface area contributed by atoms with Crippen molar-refractivity contribution in [2.45, 2.75) is 13.8 Å². The van der Waals surface area contributed by atoms with E-state index in [1.54, 1.807) is 0 Å². The highest BCUT2D eigenvalue weighted by molar-refractivity contribution is 5.79. The molecule has 0 saturated carbocycles. The summed E-state index contributed by atoms with van der Waals surface area (Å²) in [5.41, 5.74) is 0. The minimum atomic E-state index is -0.968. The molecule has 0 amide bonds. The summed E-state index contributed by atoms with van der Waals surface area (Å²) < 4.78 is 0. The fourth-order valence-corrected chi connectivity index (χ4v) is 0.700. The van der Waals surface area contributed by atoms with Gasteiger partial charge in [0, 0.05) is 18.6 Å². The van der Waals surface area contributed by atoms with Gasteiger partial charge < -0.3 is 10.2 Å². The molecule has 1 atom stereocenters. The van der Waals surface area contributed by atoms with Gasteiger partial charge in [0.25, 0.3) is 0 Å². The summed E-state index contributed by atoms with van der Waals surface area (Å²) in [6, 6.07) is 0. The number of aliphatic hydroxyl groups is 1. The van der Waals surface area contributed by atoms with Gasteiger partial charge in [0.2, 0.25) is 0 Å². The molecule has 0 saturated heterocycles. The molecule has 0 aromatic heterocycles. The number of hydrogen-bond donors (Lipinski definition) is 2. The first-order valence-corrected chi connectivity index (χ1v) is 3.60. The topological polar surface area (TPSA) is 57.5 Å². The second-order valence-corrected chi connectivity index (χ2v) is 2.79. The third-order valence-electron chi connectivity index (χ3n) is 1.55. The van der Waals surface area contributed by atoms with Crippen LogP contribution in [0.3, 0.4) is 0 Å². The Morgan fingerprint density at radius 3 is 2.36 bits per heavy atom. The lowest BCUT2D eigenvalue weighted by molar-refractivity contribution is -0.131. The summed E-state index contributed by atoms with van der Waals surface area (Å²) in [4.78, 5) is 10.1. The molecule has 2 N–H and O–H groups in total. The van der Waals surface area contributed by atoms with E-state index in [0.717, 1.165) is 6.08 Å². The molecule has 3 nitrogen and oxygen atoms in total. The zero-order valence-corrected chi connectivity index (χ0v) is 6.82. The van der Waals surface area contributed by atoms with Crippen molar-refractivity contribution in [2.24, 2.45) is 11.8 Å². The van der Waals surface area contributed by atoms with E-state index in [2.05, 4.69) is 0 Å². The summed E-state index contributed by atoms with van der Waals surface area (Å²) in [5.74, 6) is -0.745. The Labute approximate surface area is 66.4 Å². The molecule has 0 radical (unpaired) electrons. The van der Waals surface area contributed by atoms with Crippen molar-refractivity contribution < 1.29 is 15.0 Å². The Hall–Kier alpha value is -0.830. The normalized spacial score (nSPS) is 14.2. The van der Waals surface area contributed by atoms with Gasteiger partial charge in [-0.3, -0.25) is 0 Å². The maximum Gasteiger partial charge on any atom is 0.327 e. The van der Waals surface area contributed by atoms with Crippen LogP contribution in [0.5, 0.6) is 0 Å². The monoisotopic (exact) mass is 158 g/mol. The van der Waals surface area contributed by atoms with Crippen LogP contribution < -0.4 is 0 Å². The van der Waals surface area contributed by atoms with Gasteiger partial charge >= 0.3 is 5.97 Å². The predicted octanol–water partition coefficient (Wildman–Crippen LogP) is 0.892. The second-order valence-electron chi connectivity index (χ2n) is 2.79. The molecular formula is C8H14O3. The van der Waals surface area contributed by atoms with E-state index in [9.17, 15) is 4.79 Å². The van der Waals surface area contributed by atoms with E-state index in [1.165, 1.54) is 6.08 Å². The van der Waals surface area contributed by atoms with Crippen molar-refractivity contribution in [2.75, 3.05) is 6.61 Å². The van der Waals surface area contributed by atoms with Gasteiger partial charge in [-0.05, 0) is 5.92 Å². The van der Waals surface area contributed by atoms with Crippen LogP contribution >= 0.6 is 0 Å². The molecule has 0 rings (SSSR count). The Morgan fingerprint density at radius 1 is 1.55 bits per heavy atom. The number of carboxylic acids is 1. The molecule has 0 aromatic carbocycles. The summed E-state index contributed by atoms with van der Waals surface area (Å²) in [7, 11) is 0. The SMILES string of the molecule is CC(C)C(C=CC(=O)O)CO. The number of rotatable bonds is 4. The Morgan fingerprint density at radius 2 is 2.09 bits per heavy atom. The van der Waals surface area contributed by atoms with E-state index < -0.39 is 5.97 Å². The number of hydrogen-bond acceptors (Lipinski definition) is 2. The molecule has 0 aliphatic heterocycles. The van der Waals surface area contributed by atoms with Gasteiger partial charge in [0.15, 0.2) is 0 Å². The Kier molecular flexibility index (Phi) is 4.54. The Bertz CT molecular complexity index is 149. The standard InChI is InChI=1S/C8H14O3/c1-6(2)7(5-9)3-4-8(10)11/h3-4,6-7,9H,5H2,1-2H3,(H,10,11). The lowest BCUT2D eigenvalue weighted by Crippen LogP contribution is -2.10. The van der Waals surface area contributed by atoms with E-state index in [1.807, 2.05) is 13.8 Å². The van der Waals surface area contributed by atoms with Crippen molar-refractivity contribution in [3.05, 3.63) is 12.2 Å². The minimum Gasteiger partial charge on any atom is -0.478 e. The maximum absolute atomic E-state index is 10.1. The first-order chi connectivity index (χ1) is 5.07. The molecule has 11 heavy (non-hydrogen) atoms. The van der Waals surface area contributed by atoms with Crippen molar-refractivity contribution >= 4 is 5.97 Å². The molecule has 1 unspecified atom stereocenters. The highest BCUT2D eigenvalue weighted by Crippen LogP contribution is 2.10. The van der Waals surface area contributed by atoms with Crippen LogP contribution in [0.2, 0.25) is 0 Å². The van der Waals surface area contributed by atoms with Crippen LogP contribution in [0.4, 0.5) is 0 Å². The van der Waals surface area contributed by atoms with Gasteiger partial charge in [-0.15, -0.1) is 0 Å². The van der Waals surface area contributed by atoms with E-state index in [-0.39, 0.29) is 18.4 Å². The minimum absolute atomic E-state index is 0.00144. The number of aliphatic carboxylic acids is 1. The van der Waals surface area contributed by atoms with Gasteiger partial charge in [0.1, 0.15) is 0 Å². The largest absolute Gasteiger partial charge is 0.478 e. The lowest BCUT2D eigenvalue weighted by atomic mass is 9.96. The maximum atomic E-state index is 10.1. The fraction of sp³-hybridized carbons (Fsp3) is 0.625. The summed E-state index contributed by atoms with van der Waals surface area (Å²) in [6.45, 7) is 3.88.